The number of hydrogen-bond donors (Lipinski definition) is 1. The van der Waals surface area contributed by atoms with Crippen molar-refractivity contribution >= 4 is 11.5 Å². The third-order valence-electron chi connectivity index (χ3n) is 6.17. The molecule has 0 aromatic heterocycles. The third kappa shape index (κ3) is 7.22. The van der Waals surface area contributed by atoms with Crippen molar-refractivity contribution in [1.82, 2.24) is 0 Å². The van der Waals surface area contributed by atoms with Crippen molar-refractivity contribution in [3.05, 3.63) is 89.5 Å². The van der Waals surface area contributed by atoms with E-state index in [1.165, 1.54) is 5.56 Å². The second kappa shape index (κ2) is 12.9. The Bertz CT molecular complexity index is 1160. The molecule has 0 bridgehead atoms. The van der Waals surface area contributed by atoms with Gasteiger partial charge in [0.15, 0.2) is 6.10 Å². The quantitative estimate of drug-likeness (QED) is 0.297. The molecule has 0 aliphatic heterocycles. The summed E-state index contributed by atoms with van der Waals surface area (Å²) < 4.78 is 16.8. The van der Waals surface area contributed by atoms with Gasteiger partial charge in [-0.05, 0) is 77.9 Å². The second-order valence-corrected chi connectivity index (χ2v) is 9.02. The van der Waals surface area contributed by atoms with Crippen molar-refractivity contribution in [2.45, 2.75) is 46.1 Å². The van der Waals surface area contributed by atoms with Crippen LogP contribution >= 0.6 is 0 Å². The minimum atomic E-state index is -0.950. The second-order valence-electron chi connectivity index (χ2n) is 9.02. The van der Waals surface area contributed by atoms with Crippen molar-refractivity contribution in [3.63, 3.8) is 0 Å². The Kier molecular flexibility index (Phi) is 9.71. The number of ether oxygens (including phenoxy) is 3. The number of carboxylic acid groups (broad SMARTS) is 1. The number of allylic oxidation sites excluding steroid dienone is 1. The van der Waals surface area contributed by atoms with Crippen LogP contribution < -0.4 is 9.47 Å². The normalized spacial score (nSPS) is 12.4. The van der Waals surface area contributed by atoms with Crippen LogP contribution in [0.2, 0.25) is 0 Å². The summed E-state index contributed by atoms with van der Waals surface area (Å²) in [5, 5.41) is 9.25. The standard InChI is InChI=1S/C31H36O5/c1-6-35-30(31(32)33)19-23-7-14-27(15-8-23)36-18-17-22(4)24-9-11-25(12-10-24)28-20-26(21(2)3)13-16-29(28)34-5/h7-17,20-21,30H,6,18-19H2,1-5H3,(H,32,33)/b22-17-/t30-/m0/s1. The maximum Gasteiger partial charge on any atom is 0.333 e. The van der Waals surface area contributed by atoms with Gasteiger partial charge >= 0.3 is 5.97 Å². The molecule has 0 unspecified atom stereocenters. The van der Waals surface area contributed by atoms with Crippen molar-refractivity contribution in [1.29, 1.82) is 0 Å². The van der Waals surface area contributed by atoms with E-state index in [4.69, 9.17) is 14.2 Å². The van der Waals surface area contributed by atoms with Crippen LogP contribution in [-0.4, -0.2) is 37.5 Å². The van der Waals surface area contributed by atoms with E-state index in [0.29, 0.717) is 25.6 Å². The first-order valence-corrected chi connectivity index (χ1v) is 12.3. The molecule has 1 N–H and O–H groups in total. The SMILES string of the molecule is CCO[C@@H](Cc1ccc(OC/C=C(/C)c2ccc(-c3cc(C(C)C)ccc3OC)cc2)cc1)C(=O)O. The zero-order valence-electron chi connectivity index (χ0n) is 21.8. The van der Waals surface area contributed by atoms with Gasteiger partial charge in [-0.25, -0.2) is 4.79 Å². The summed E-state index contributed by atoms with van der Waals surface area (Å²) in [6, 6.07) is 22.3. The predicted octanol–water partition coefficient (Wildman–Crippen LogP) is 7.00. The number of aliphatic carboxylic acids is 1. The highest BCUT2D eigenvalue weighted by atomic mass is 16.5. The Hall–Kier alpha value is -3.57. The third-order valence-corrected chi connectivity index (χ3v) is 6.17. The van der Waals surface area contributed by atoms with Gasteiger partial charge in [0.25, 0.3) is 0 Å². The van der Waals surface area contributed by atoms with E-state index in [2.05, 4.69) is 63.2 Å². The number of hydrogen-bond acceptors (Lipinski definition) is 4. The molecular formula is C31H36O5. The van der Waals surface area contributed by atoms with Crippen molar-refractivity contribution in [2.75, 3.05) is 20.3 Å². The van der Waals surface area contributed by atoms with Crippen LogP contribution in [0, 0.1) is 0 Å². The zero-order valence-corrected chi connectivity index (χ0v) is 21.8. The van der Waals surface area contributed by atoms with Crippen LogP contribution in [-0.2, 0) is 16.0 Å². The highest BCUT2D eigenvalue weighted by Crippen LogP contribution is 2.33. The minimum Gasteiger partial charge on any atom is -0.496 e. The van der Waals surface area contributed by atoms with Crippen LogP contribution in [0.25, 0.3) is 16.7 Å². The Morgan fingerprint density at radius 1 is 1.00 bits per heavy atom. The summed E-state index contributed by atoms with van der Waals surface area (Å²) in [5.41, 5.74) is 6.66. The van der Waals surface area contributed by atoms with Gasteiger partial charge in [-0.3, -0.25) is 0 Å². The van der Waals surface area contributed by atoms with Gasteiger partial charge in [0, 0.05) is 18.6 Å². The van der Waals surface area contributed by atoms with E-state index < -0.39 is 12.1 Å². The molecule has 0 aliphatic carbocycles. The molecule has 0 spiro atoms. The summed E-state index contributed by atoms with van der Waals surface area (Å²) >= 11 is 0. The molecular weight excluding hydrogens is 452 g/mol. The Labute approximate surface area is 214 Å². The average molecular weight is 489 g/mol. The van der Waals surface area contributed by atoms with E-state index in [0.717, 1.165) is 39.3 Å². The van der Waals surface area contributed by atoms with Crippen LogP contribution in [0.4, 0.5) is 0 Å². The molecule has 0 saturated carbocycles. The van der Waals surface area contributed by atoms with Gasteiger partial charge < -0.3 is 19.3 Å². The monoisotopic (exact) mass is 488 g/mol. The summed E-state index contributed by atoms with van der Waals surface area (Å²) in [4.78, 5) is 11.3. The molecule has 0 radical (unpaired) electrons. The largest absolute Gasteiger partial charge is 0.496 e. The minimum absolute atomic E-state index is 0.325. The maximum absolute atomic E-state index is 11.3. The van der Waals surface area contributed by atoms with Crippen LogP contribution in [0.1, 0.15) is 50.3 Å². The summed E-state index contributed by atoms with van der Waals surface area (Å²) in [6.45, 7) is 9.05. The van der Waals surface area contributed by atoms with E-state index in [1.54, 1.807) is 14.0 Å². The summed E-state index contributed by atoms with van der Waals surface area (Å²) in [6.07, 6.45) is 1.55. The molecule has 0 aliphatic rings. The first-order chi connectivity index (χ1) is 17.3. The fraction of sp³-hybridized carbons (Fsp3) is 0.323. The van der Waals surface area contributed by atoms with Crippen LogP contribution in [0.3, 0.4) is 0 Å². The topological polar surface area (TPSA) is 65.0 Å². The molecule has 5 heteroatoms. The lowest BCUT2D eigenvalue weighted by atomic mass is 9.95. The Morgan fingerprint density at radius 2 is 1.69 bits per heavy atom. The fourth-order valence-electron chi connectivity index (χ4n) is 3.96. The number of rotatable bonds is 12. The number of carbonyl (C=O) groups is 1. The van der Waals surface area contributed by atoms with Crippen molar-refractivity contribution < 1.29 is 24.1 Å². The molecule has 1 atom stereocenters. The van der Waals surface area contributed by atoms with Gasteiger partial charge in [0.1, 0.15) is 18.1 Å². The maximum atomic E-state index is 11.3. The van der Waals surface area contributed by atoms with Crippen molar-refractivity contribution in [3.8, 4) is 22.6 Å². The predicted molar refractivity (Wildman–Crippen MR) is 145 cm³/mol. The van der Waals surface area contributed by atoms with E-state index >= 15 is 0 Å². The molecule has 3 rings (SSSR count). The Balaban J connectivity index is 1.62. The van der Waals surface area contributed by atoms with Crippen molar-refractivity contribution in [2.24, 2.45) is 0 Å². The van der Waals surface area contributed by atoms with E-state index in [-0.39, 0.29) is 0 Å². The van der Waals surface area contributed by atoms with Crippen LogP contribution in [0.15, 0.2) is 72.8 Å². The zero-order chi connectivity index (χ0) is 26.1. The smallest absolute Gasteiger partial charge is 0.333 e. The number of benzene rings is 3. The number of carboxylic acids is 1. The summed E-state index contributed by atoms with van der Waals surface area (Å²) in [5.74, 6) is 1.11. The highest BCUT2D eigenvalue weighted by molar-refractivity contribution is 5.74. The lowest BCUT2D eigenvalue weighted by Crippen LogP contribution is -2.26. The van der Waals surface area contributed by atoms with E-state index in [1.807, 2.05) is 30.3 Å². The molecule has 3 aromatic carbocycles. The van der Waals surface area contributed by atoms with Crippen LogP contribution in [0.5, 0.6) is 11.5 Å². The number of methoxy groups -OCH3 is 1. The lowest BCUT2D eigenvalue weighted by molar-refractivity contribution is -0.149. The molecule has 36 heavy (non-hydrogen) atoms. The molecule has 0 amide bonds. The van der Waals surface area contributed by atoms with Gasteiger partial charge in [0.2, 0.25) is 0 Å². The summed E-state index contributed by atoms with van der Waals surface area (Å²) in [7, 11) is 1.70. The Morgan fingerprint density at radius 3 is 2.28 bits per heavy atom. The molecule has 190 valence electrons. The van der Waals surface area contributed by atoms with Gasteiger partial charge in [0.05, 0.1) is 7.11 Å². The fourth-order valence-corrected chi connectivity index (χ4v) is 3.96. The lowest BCUT2D eigenvalue weighted by Gasteiger charge is -2.14. The molecule has 0 fully saturated rings. The molecule has 3 aromatic rings. The van der Waals surface area contributed by atoms with Gasteiger partial charge in [-0.2, -0.15) is 0 Å². The van der Waals surface area contributed by atoms with E-state index in [9.17, 15) is 9.90 Å². The van der Waals surface area contributed by atoms with Gasteiger partial charge in [-0.15, -0.1) is 0 Å². The average Bonchev–Trinajstić information content (AvgIpc) is 2.89. The molecule has 0 heterocycles. The first kappa shape index (κ1) is 27.0. The molecule has 0 saturated heterocycles. The molecule has 5 nitrogen and oxygen atoms in total. The van der Waals surface area contributed by atoms with Gasteiger partial charge in [-0.1, -0.05) is 56.3 Å². The highest BCUT2D eigenvalue weighted by Gasteiger charge is 2.17. The first-order valence-electron chi connectivity index (χ1n) is 12.3.